The number of carbonyl (C=O) groups is 2. The molecule has 0 fully saturated rings. The number of carbonyl (C=O) groups excluding carboxylic acids is 2. The molecule has 0 aliphatic carbocycles. The van der Waals surface area contributed by atoms with Crippen LogP contribution in [0.15, 0.2) is 85.1 Å². The highest BCUT2D eigenvalue weighted by Crippen LogP contribution is 2.43. The second-order valence-electron chi connectivity index (χ2n) is 21.9. The zero-order chi connectivity index (χ0) is 55.0. The van der Waals surface area contributed by atoms with Crippen LogP contribution in [0, 0.1) is 0 Å². The van der Waals surface area contributed by atoms with Crippen LogP contribution in [0.5, 0.6) is 0 Å². The Balaban J connectivity index is 5.23. The van der Waals surface area contributed by atoms with Crippen molar-refractivity contribution in [3.05, 3.63) is 85.1 Å². The predicted octanol–water partition coefficient (Wildman–Crippen LogP) is 19.0. The molecule has 75 heavy (non-hydrogen) atoms. The third-order valence-electron chi connectivity index (χ3n) is 13.3. The summed E-state index contributed by atoms with van der Waals surface area (Å²) < 4.78 is 30.6. The van der Waals surface area contributed by atoms with Gasteiger partial charge in [0.15, 0.2) is 0 Å². The lowest BCUT2D eigenvalue weighted by molar-refractivity contribution is -0.870. The molecule has 3 unspecified atom stereocenters. The Morgan fingerprint density at radius 2 is 0.853 bits per heavy atom. The van der Waals surface area contributed by atoms with Crippen molar-refractivity contribution in [2.24, 2.45) is 0 Å². The summed E-state index contributed by atoms with van der Waals surface area (Å²) in [5.41, 5.74) is 0. The molecular formula is C65H118N2O7P+. The maximum Gasteiger partial charge on any atom is 0.472 e. The summed E-state index contributed by atoms with van der Waals surface area (Å²) in [6.07, 6.45) is 71.4. The molecule has 1 amide bonds. The van der Waals surface area contributed by atoms with Gasteiger partial charge in [0.1, 0.15) is 19.3 Å². The van der Waals surface area contributed by atoms with E-state index in [1.807, 2.05) is 33.3 Å². The zero-order valence-corrected chi connectivity index (χ0v) is 50.4. The highest BCUT2D eigenvalue weighted by Gasteiger charge is 2.30. The number of hydrogen-bond acceptors (Lipinski definition) is 6. The summed E-state index contributed by atoms with van der Waals surface area (Å²) >= 11 is 0. The largest absolute Gasteiger partial charge is 0.472 e. The van der Waals surface area contributed by atoms with Crippen molar-refractivity contribution in [2.45, 2.75) is 277 Å². The van der Waals surface area contributed by atoms with Crippen molar-refractivity contribution in [3.8, 4) is 0 Å². The van der Waals surface area contributed by atoms with Crippen LogP contribution in [0.2, 0.25) is 0 Å². The number of quaternary nitrogens is 1. The lowest BCUT2D eigenvalue weighted by Gasteiger charge is -2.27. The first-order valence-electron chi connectivity index (χ1n) is 30.9. The van der Waals surface area contributed by atoms with Crippen LogP contribution in [0.25, 0.3) is 0 Å². The molecule has 10 heteroatoms. The maximum atomic E-state index is 13.5. The highest BCUT2D eigenvalue weighted by molar-refractivity contribution is 7.47. The SMILES string of the molecule is CCCCC/C=C\C/C=C\C/C=C\C/C=C\CCCCCCCCCC(=O)NC(COP(=O)(O)OCC[N+](C)(C)C)C(/C=C\CCCCCCCCCCC)OC(=O)CCCCCCCC/C=C/C=C/CCCCC. The van der Waals surface area contributed by atoms with Gasteiger partial charge in [0.2, 0.25) is 5.91 Å². The summed E-state index contributed by atoms with van der Waals surface area (Å²) in [4.78, 5) is 37.7. The first kappa shape index (κ1) is 72.2. The second-order valence-corrected chi connectivity index (χ2v) is 23.4. The predicted molar refractivity (Wildman–Crippen MR) is 323 cm³/mol. The molecule has 0 aromatic carbocycles. The fourth-order valence-electron chi connectivity index (χ4n) is 8.50. The van der Waals surface area contributed by atoms with Crippen molar-refractivity contribution < 1.29 is 37.3 Å². The van der Waals surface area contributed by atoms with Crippen molar-refractivity contribution in [1.82, 2.24) is 5.32 Å². The number of ether oxygens (including phenoxy) is 1. The number of allylic oxidation sites excluding steroid dienone is 13. The maximum absolute atomic E-state index is 13.5. The molecule has 0 radical (unpaired) electrons. The molecule has 0 aromatic heterocycles. The lowest BCUT2D eigenvalue weighted by atomic mass is 10.1. The van der Waals surface area contributed by atoms with Gasteiger partial charge in [-0.2, -0.15) is 0 Å². The van der Waals surface area contributed by atoms with Gasteiger partial charge in [-0.05, 0) is 102 Å². The normalized spacial score (nSPS) is 14.3. The molecule has 0 aliphatic rings. The van der Waals surface area contributed by atoms with Gasteiger partial charge in [-0.25, -0.2) is 4.57 Å². The first-order valence-corrected chi connectivity index (χ1v) is 32.4. The molecular weight excluding hydrogens is 952 g/mol. The summed E-state index contributed by atoms with van der Waals surface area (Å²) in [7, 11) is 1.47. The Hall–Kier alpha value is -2.81. The molecule has 0 saturated heterocycles. The summed E-state index contributed by atoms with van der Waals surface area (Å²) in [6.45, 7) is 6.93. The highest BCUT2D eigenvalue weighted by atomic mass is 31.2. The van der Waals surface area contributed by atoms with E-state index in [2.05, 4.69) is 99.0 Å². The molecule has 0 aromatic rings. The molecule has 434 valence electrons. The Bertz CT molecular complexity index is 1560. The minimum absolute atomic E-state index is 0.0324. The molecule has 0 bridgehead atoms. The zero-order valence-electron chi connectivity index (χ0n) is 49.5. The van der Waals surface area contributed by atoms with E-state index in [9.17, 15) is 19.0 Å². The summed E-state index contributed by atoms with van der Waals surface area (Å²) in [6, 6.07) is -0.862. The molecule has 9 nitrogen and oxygen atoms in total. The third-order valence-corrected chi connectivity index (χ3v) is 14.3. The number of nitrogens with zero attached hydrogens (tertiary/aromatic N) is 1. The fourth-order valence-corrected chi connectivity index (χ4v) is 9.24. The number of phosphoric ester groups is 1. The molecule has 0 heterocycles. The number of esters is 1. The average molecular weight is 1070 g/mol. The smallest absolute Gasteiger partial charge is 0.456 e. The Morgan fingerprint density at radius 1 is 0.480 bits per heavy atom. The third kappa shape index (κ3) is 55.7. The lowest BCUT2D eigenvalue weighted by Crippen LogP contribution is -2.47. The van der Waals surface area contributed by atoms with Crippen LogP contribution in [0.3, 0.4) is 0 Å². The van der Waals surface area contributed by atoms with Crippen LogP contribution >= 0.6 is 7.82 Å². The van der Waals surface area contributed by atoms with E-state index in [0.29, 0.717) is 17.4 Å². The van der Waals surface area contributed by atoms with E-state index in [0.717, 1.165) is 109 Å². The van der Waals surface area contributed by atoms with Gasteiger partial charge in [0.25, 0.3) is 0 Å². The van der Waals surface area contributed by atoms with Crippen LogP contribution in [0.1, 0.15) is 265 Å². The van der Waals surface area contributed by atoms with E-state index in [1.165, 1.54) is 122 Å². The minimum Gasteiger partial charge on any atom is -0.456 e. The monoisotopic (exact) mass is 1070 g/mol. The molecule has 0 aliphatic heterocycles. The Labute approximate surface area is 463 Å². The molecule has 0 saturated carbocycles. The number of rotatable bonds is 55. The van der Waals surface area contributed by atoms with Crippen LogP contribution in [0.4, 0.5) is 0 Å². The van der Waals surface area contributed by atoms with Crippen molar-refractivity contribution in [2.75, 3.05) is 40.9 Å². The number of phosphoric acid groups is 1. The first-order chi connectivity index (χ1) is 36.4. The van der Waals surface area contributed by atoms with E-state index in [-0.39, 0.29) is 31.5 Å². The quantitative estimate of drug-likeness (QED) is 0.0156. The van der Waals surface area contributed by atoms with Gasteiger partial charge in [-0.15, -0.1) is 0 Å². The number of unbranched alkanes of at least 4 members (excludes halogenated alkanes) is 28. The second kappa shape index (κ2) is 54.5. The number of hydrogen-bond donors (Lipinski definition) is 2. The van der Waals surface area contributed by atoms with Gasteiger partial charge in [-0.1, -0.05) is 235 Å². The van der Waals surface area contributed by atoms with E-state index in [4.69, 9.17) is 13.8 Å². The average Bonchev–Trinajstić information content (AvgIpc) is 3.37. The van der Waals surface area contributed by atoms with E-state index in [1.54, 1.807) is 0 Å². The standard InChI is InChI=1S/C65H117N2O7P/c1-7-10-13-16-19-22-25-27-29-30-31-32-33-34-35-36-38-39-42-45-48-51-54-57-64(68)66-62(61-73-75(70,71)72-60-59-67(4,5)6)63(56-53-50-47-44-41-24-21-18-15-12-9-3)74-65(69)58-55-52-49-46-43-40-37-28-26-23-20-17-14-11-8-2/h19-20,22-23,26-29,31-32,34-35,53,56,62-63H,7-18,21,24-25,30,33,36-52,54-55,57-61H2,1-6H3,(H-,66,68,70,71)/p+1/b22-19-,23-20+,28-26+,29-27-,32-31-,35-34-,56-53-. The van der Waals surface area contributed by atoms with E-state index >= 15 is 0 Å². The van der Waals surface area contributed by atoms with Crippen LogP contribution in [-0.4, -0.2) is 74.3 Å². The van der Waals surface area contributed by atoms with Crippen molar-refractivity contribution >= 4 is 19.7 Å². The van der Waals surface area contributed by atoms with Crippen LogP contribution < -0.4 is 5.32 Å². The number of nitrogens with one attached hydrogen (secondary N) is 1. The molecule has 2 N–H and O–H groups in total. The molecule has 3 atom stereocenters. The number of amides is 1. The Morgan fingerprint density at radius 3 is 1.32 bits per heavy atom. The van der Waals surface area contributed by atoms with Crippen LogP contribution in [-0.2, 0) is 27.9 Å². The van der Waals surface area contributed by atoms with Crippen molar-refractivity contribution in [3.63, 3.8) is 0 Å². The topological polar surface area (TPSA) is 111 Å². The summed E-state index contributed by atoms with van der Waals surface area (Å²) in [5.74, 6) is -0.533. The minimum atomic E-state index is -4.46. The van der Waals surface area contributed by atoms with Gasteiger partial charge >= 0.3 is 13.8 Å². The van der Waals surface area contributed by atoms with Gasteiger partial charge < -0.3 is 19.4 Å². The molecule has 0 rings (SSSR count). The van der Waals surface area contributed by atoms with E-state index < -0.39 is 20.0 Å². The van der Waals surface area contributed by atoms with Gasteiger partial charge in [0.05, 0.1) is 33.8 Å². The van der Waals surface area contributed by atoms with Gasteiger partial charge in [-0.3, -0.25) is 18.6 Å². The Kier molecular flexibility index (Phi) is 52.5. The van der Waals surface area contributed by atoms with Crippen molar-refractivity contribution in [1.29, 1.82) is 0 Å². The summed E-state index contributed by atoms with van der Waals surface area (Å²) in [5, 5.41) is 3.04. The fraction of sp³-hybridized carbons (Fsp3) is 0.754. The molecule has 0 spiro atoms. The number of likely N-dealkylation sites (N-methyl/N-ethyl adjacent to an activating group) is 1. The van der Waals surface area contributed by atoms with Gasteiger partial charge in [0, 0.05) is 12.8 Å².